The number of methoxy groups -OCH3 is 1. The fourth-order valence-corrected chi connectivity index (χ4v) is 5.34. The second kappa shape index (κ2) is 6.43. The van der Waals surface area contributed by atoms with Crippen molar-refractivity contribution in [2.75, 3.05) is 13.7 Å². The summed E-state index contributed by atoms with van der Waals surface area (Å²) < 4.78 is 37.1. The van der Waals surface area contributed by atoms with Crippen LogP contribution in [-0.4, -0.2) is 56.0 Å². The lowest BCUT2D eigenvalue weighted by molar-refractivity contribution is -0.261. The van der Waals surface area contributed by atoms with E-state index in [4.69, 9.17) is 28.4 Å². The van der Waals surface area contributed by atoms with E-state index in [-0.39, 0.29) is 30.7 Å². The van der Waals surface area contributed by atoms with Gasteiger partial charge in [0.25, 0.3) is 0 Å². The molecule has 3 aliphatic heterocycles. The predicted molar refractivity (Wildman–Crippen MR) is 87.9 cm³/mol. The number of hydrogen-bond acceptors (Lipinski definition) is 6. The Morgan fingerprint density at radius 1 is 0.760 bits per heavy atom. The molecule has 6 nitrogen and oxygen atoms in total. The summed E-state index contributed by atoms with van der Waals surface area (Å²) in [5.41, 5.74) is 0. The lowest BCUT2D eigenvalue weighted by Gasteiger charge is -2.35. The SMILES string of the molecule is CO[C@@H]1[C@H]2OC3(CCCCC3)O[C@H]2O[C@@H]1[C@@H]1COC2(CCCCC2)O1. The van der Waals surface area contributed by atoms with Crippen molar-refractivity contribution in [1.82, 2.24) is 0 Å². The van der Waals surface area contributed by atoms with Crippen LogP contribution in [0, 0.1) is 0 Å². The normalized spacial score (nSPS) is 45.2. The molecule has 0 amide bonds. The smallest absolute Gasteiger partial charge is 0.190 e. The summed E-state index contributed by atoms with van der Waals surface area (Å²) in [5, 5.41) is 0. The molecule has 3 saturated heterocycles. The molecular weight excluding hydrogens is 324 g/mol. The first-order chi connectivity index (χ1) is 12.2. The Labute approximate surface area is 149 Å². The molecule has 6 heteroatoms. The third-order valence-corrected chi connectivity index (χ3v) is 6.64. The summed E-state index contributed by atoms with van der Waals surface area (Å²) in [6.45, 7) is 0.565. The maximum absolute atomic E-state index is 6.38. The minimum atomic E-state index is -0.451. The van der Waals surface area contributed by atoms with Crippen LogP contribution in [0.25, 0.3) is 0 Å². The summed E-state index contributed by atoms with van der Waals surface area (Å²) in [6.07, 6.45) is 10.1. The highest BCUT2D eigenvalue weighted by atomic mass is 16.8. The first-order valence-electron chi connectivity index (χ1n) is 10.1. The van der Waals surface area contributed by atoms with E-state index in [2.05, 4.69) is 0 Å². The highest BCUT2D eigenvalue weighted by molar-refractivity contribution is 5.01. The van der Waals surface area contributed by atoms with Gasteiger partial charge >= 0.3 is 0 Å². The zero-order valence-corrected chi connectivity index (χ0v) is 15.1. The average molecular weight is 354 g/mol. The van der Waals surface area contributed by atoms with Gasteiger partial charge in [0.05, 0.1) is 6.61 Å². The summed E-state index contributed by atoms with van der Waals surface area (Å²) >= 11 is 0. The Hall–Kier alpha value is -0.240. The summed E-state index contributed by atoms with van der Waals surface area (Å²) in [4.78, 5) is 0. The zero-order chi connectivity index (χ0) is 16.9. The van der Waals surface area contributed by atoms with Crippen molar-refractivity contribution in [2.45, 2.75) is 106 Å². The van der Waals surface area contributed by atoms with E-state index >= 15 is 0 Å². The molecule has 5 rings (SSSR count). The topological polar surface area (TPSA) is 55.4 Å². The van der Waals surface area contributed by atoms with Gasteiger partial charge in [0.2, 0.25) is 0 Å². The molecule has 5 aliphatic rings. The average Bonchev–Trinajstić information content (AvgIpc) is 3.27. The van der Waals surface area contributed by atoms with Gasteiger partial charge in [-0.2, -0.15) is 0 Å². The van der Waals surface area contributed by atoms with Crippen LogP contribution in [0.3, 0.4) is 0 Å². The van der Waals surface area contributed by atoms with Crippen LogP contribution in [-0.2, 0) is 28.4 Å². The van der Waals surface area contributed by atoms with Crippen LogP contribution < -0.4 is 0 Å². The van der Waals surface area contributed by atoms with Crippen molar-refractivity contribution < 1.29 is 28.4 Å². The van der Waals surface area contributed by atoms with Gasteiger partial charge in [-0.25, -0.2) is 0 Å². The molecule has 25 heavy (non-hydrogen) atoms. The molecule has 0 aromatic rings. The van der Waals surface area contributed by atoms with E-state index in [9.17, 15) is 0 Å². The van der Waals surface area contributed by atoms with E-state index in [1.165, 1.54) is 25.7 Å². The van der Waals surface area contributed by atoms with Crippen LogP contribution in [0.4, 0.5) is 0 Å². The third kappa shape index (κ3) is 2.86. The zero-order valence-electron chi connectivity index (χ0n) is 15.1. The number of hydrogen-bond donors (Lipinski definition) is 0. The van der Waals surface area contributed by atoms with Crippen LogP contribution >= 0.6 is 0 Å². The monoisotopic (exact) mass is 354 g/mol. The van der Waals surface area contributed by atoms with Gasteiger partial charge in [-0.05, 0) is 25.7 Å². The van der Waals surface area contributed by atoms with E-state index in [0.717, 1.165) is 38.5 Å². The molecule has 5 fully saturated rings. The van der Waals surface area contributed by atoms with E-state index < -0.39 is 11.6 Å². The lowest BCUT2D eigenvalue weighted by Crippen LogP contribution is -2.45. The molecule has 2 spiro atoms. The standard InChI is InChI=1S/C19H30O6/c1-20-15-14(13-12-21-18(23-13)8-4-2-5-9-18)22-17-16(15)24-19(25-17)10-6-3-7-11-19/h13-17H,2-12H2,1H3/t13-,14+,15-,16+,17+/m0/s1. The summed E-state index contributed by atoms with van der Waals surface area (Å²) in [6, 6.07) is 0. The number of rotatable bonds is 2. The fraction of sp³-hybridized carbons (Fsp3) is 1.00. The Balaban J connectivity index is 1.27. The van der Waals surface area contributed by atoms with Crippen molar-refractivity contribution in [3.8, 4) is 0 Å². The van der Waals surface area contributed by atoms with Gasteiger partial charge in [-0.3, -0.25) is 0 Å². The fourth-order valence-electron chi connectivity index (χ4n) is 5.34. The second-order valence-corrected chi connectivity index (χ2v) is 8.28. The first kappa shape index (κ1) is 16.9. The first-order valence-corrected chi connectivity index (χ1v) is 10.1. The molecule has 0 radical (unpaired) electrons. The molecule has 2 saturated carbocycles. The van der Waals surface area contributed by atoms with Crippen molar-refractivity contribution >= 4 is 0 Å². The lowest BCUT2D eigenvalue weighted by atomic mass is 9.94. The molecule has 2 aliphatic carbocycles. The minimum absolute atomic E-state index is 0.108. The van der Waals surface area contributed by atoms with Crippen molar-refractivity contribution in [2.24, 2.45) is 0 Å². The largest absolute Gasteiger partial charge is 0.376 e. The molecule has 0 aromatic carbocycles. The highest BCUT2D eigenvalue weighted by Crippen LogP contribution is 2.48. The van der Waals surface area contributed by atoms with Crippen LogP contribution in [0.1, 0.15) is 64.2 Å². The third-order valence-electron chi connectivity index (χ3n) is 6.64. The maximum atomic E-state index is 6.38. The Morgan fingerprint density at radius 3 is 2.12 bits per heavy atom. The Morgan fingerprint density at radius 2 is 1.44 bits per heavy atom. The molecule has 142 valence electrons. The number of fused-ring (bicyclic) bond motifs is 1. The van der Waals surface area contributed by atoms with E-state index in [1.54, 1.807) is 7.11 Å². The van der Waals surface area contributed by atoms with Crippen molar-refractivity contribution in [3.63, 3.8) is 0 Å². The quantitative estimate of drug-likeness (QED) is 0.760. The van der Waals surface area contributed by atoms with Gasteiger partial charge in [-0.15, -0.1) is 0 Å². The molecule has 0 N–H and O–H groups in total. The summed E-state index contributed by atoms with van der Waals surface area (Å²) in [5.74, 6) is -0.846. The van der Waals surface area contributed by atoms with Gasteiger partial charge in [0, 0.05) is 32.8 Å². The second-order valence-electron chi connectivity index (χ2n) is 8.28. The molecule has 0 bridgehead atoms. The molecular formula is C19H30O6. The van der Waals surface area contributed by atoms with E-state index in [1.807, 2.05) is 0 Å². The van der Waals surface area contributed by atoms with Gasteiger partial charge in [0.15, 0.2) is 17.9 Å². The Bertz CT molecular complexity index is 484. The van der Waals surface area contributed by atoms with Crippen molar-refractivity contribution in [3.05, 3.63) is 0 Å². The van der Waals surface area contributed by atoms with Crippen LogP contribution in [0.2, 0.25) is 0 Å². The van der Waals surface area contributed by atoms with E-state index in [0.29, 0.717) is 6.61 Å². The maximum Gasteiger partial charge on any atom is 0.190 e. The van der Waals surface area contributed by atoms with Crippen molar-refractivity contribution in [1.29, 1.82) is 0 Å². The van der Waals surface area contributed by atoms with Gasteiger partial charge in [0.1, 0.15) is 24.4 Å². The van der Waals surface area contributed by atoms with Crippen LogP contribution in [0.15, 0.2) is 0 Å². The minimum Gasteiger partial charge on any atom is -0.376 e. The molecule has 0 aromatic heterocycles. The summed E-state index contributed by atoms with van der Waals surface area (Å²) in [7, 11) is 1.73. The van der Waals surface area contributed by atoms with Crippen LogP contribution in [0.5, 0.6) is 0 Å². The molecule has 3 heterocycles. The Kier molecular flexibility index (Phi) is 4.34. The van der Waals surface area contributed by atoms with Gasteiger partial charge in [-0.1, -0.05) is 12.8 Å². The van der Waals surface area contributed by atoms with Gasteiger partial charge < -0.3 is 28.4 Å². The molecule has 0 unspecified atom stereocenters. The predicted octanol–water partition coefficient (Wildman–Crippen LogP) is 2.88. The molecule has 5 atom stereocenters. The number of ether oxygens (including phenoxy) is 6. The highest BCUT2D eigenvalue weighted by Gasteiger charge is 2.61.